The quantitative estimate of drug-likeness (QED) is 0.496. The van der Waals surface area contributed by atoms with Crippen LogP contribution in [0.15, 0.2) is 65.6 Å². The van der Waals surface area contributed by atoms with Gasteiger partial charge in [-0.15, -0.1) is 0 Å². The number of benzene rings is 2. The van der Waals surface area contributed by atoms with E-state index < -0.39 is 15.4 Å². The van der Waals surface area contributed by atoms with Crippen molar-refractivity contribution in [3.63, 3.8) is 0 Å². The van der Waals surface area contributed by atoms with Crippen molar-refractivity contribution in [1.29, 1.82) is 0 Å². The molecule has 3 aromatic rings. The summed E-state index contributed by atoms with van der Waals surface area (Å²) in [6, 6.07) is 16.9. The van der Waals surface area contributed by atoms with E-state index in [4.69, 9.17) is 9.47 Å². The van der Waals surface area contributed by atoms with E-state index in [1.807, 2.05) is 30.3 Å². The van der Waals surface area contributed by atoms with E-state index in [2.05, 4.69) is 9.97 Å². The highest BCUT2D eigenvalue weighted by Gasteiger charge is 2.30. The number of aromatic nitrogens is 2. The maximum atomic E-state index is 13.1. The molecule has 0 aliphatic heterocycles. The summed E-state index contributed by atoms with van der Waals surface area (Å²) < 4.78 is 37.4. The molecule has 0 unspecified atom stereocenters. The van der Waals surface area contributed by atoms with Gasteiger partial charge in [-0.05, 0) is 30.2 Å². The number of hydrogen-bond acceptors (Lipinski definition) is 7. The topological polar surface area (TPSA) is 98.7 Å². The molecule has 31 heavy (non-hydrogen) atoms. The van der Waals surface area contributed by atoms with Crippen LogP contribution >= 0.6 is 0 Å². The molecule has 0 aliphatic rings. The van der Waals surface area contributed by atoms with Gasteiger partial charge in [0.2, 0.25) is 5.88 Å². The van der Waals surface area contributed by atoms with E-state index in [-0.39, 0.29) is 22.6 Å². The Morgan fingerprint density at radius 3 is 2.10 bits per heavy atom. The van der Waals surface area contributed by atoms with Crippen LogP contribution in [0.1, 0.15) is 18.1 Å². The van der Waals surface area contributed by atoms with Crippen LogP contribution in [0.3, 0.4) is 0 Å². The Hall–Kier alpha value is -3.46. The molecule has 162 valence electrons. The highest BCUT2D eigenvalue weighted by molar-refractivity contribution is 7.92. The molecule has 9 heteroatoms. The second kappa shape index (κ2) is 8.73. The van der Waals surface area contributed by atoms with Crippen molar-refractivity contribution in [3.8, 4) is 11.9 Å². The minimum atomic E-state index is -3.93. The fourth-order valence-electron chi connectivity index (χ4n) is 3.09. The van der Waals surface area contributed by atoms with Crippen LogP contribution in [0.4, 0.5) is 5.82 Å². The Morgan fingerprint density at radius 1 is 0.935 bits per heavy atom. The number of carbonyl (C=O) groups excluding carboxylic acids is 1. The van der Waals surface area contributed by atoms with Crippen molar-refractivity contribution in [2.45, 2.75) is 17.2 Å². The Morgan fingerprint density at radius 2 is 1.55 bits per heavy atom. The van der Waals surface area contributed by atoms with E-state index in [0.717, 1.165) is 16.2 Å². The number of ether oxygens (including phenoxy) is 2. The van der Waals surface area contributed by atoms with Crippen LogP contribution in [0.5, 0.6) is 11.9 Å². The Bertz CT molecular complexity index is 1150. The maximum absolute atomic E-state index is 13.1. The van der Waals surface area contributed by atoms with E-state index in [9.17, 15) is 13.2 Å². The van der Waals surface area contributed by atoms with Gasteiger partial charge >= 0.3 is 6.01 Å². The third kappa shape index (κ3) is 4.22. The second-order valence-corrected chi connectivity index (χ2v) is 8.91. The predicted molar refractivity (Wildman–Crippen MR) is 116 cm³/mol. The van der Waals surface area contributed by atoms with E-state index >= 15 is 0 Å². The minimum Gasteiger partial charge on any atom is -0.481 e. The highest BCUT2D eigenvalue weighted by Crippen LogP contribution is 2.31. The van der Waals surface area contributed by atoms with Gasteiger partial charge in [-0.25, -0.2) is 8.42 Å². The predicted octanol–water partition coefficient (Wildman–Crippen LogP) is 2.82. The largest absolute Gasteiger partial charge is 0.481 e. The zero-order chi connectivity index (χ0) is 22.6. The average Bonchev–Trinajstić information content (AvgIpc) is 2.83. The molecule has 8 nitrogen and oxygen atoms in total. The Labute approximate surface area is 181 Å². The van der Waals surface area contributed by atoms with Gasteiger partial charge in [-0.1, -0.05) is 42.5 Å². The van der Waals surface area contributed by atoms with E-state index in [1.165, 1.54) is 39.5 Å². The normalized spacial score (nSPS) is 13.2. The second-order valence-electron chi connectivity index (χ2n) is 6.94. The van der Waals surface area contributed by atoms with Gasteiger partial charge in [0.25, 0.3) is 10.0 Å². The molecule has 2 aromatic carbocycles. The maximum Gasteiger partial charge on any atom is 0.321 e. The van der Waals surface area contributed by atoms with Crippen LogP contribution in [0.2, 0.25) is 0 Å². The van der Waals surface area contributed by atoms with E-state index in [1.54, 1.807) is 19.1 Å². The monoisotopic (exact) mass is 441 g/mol. The summed E-state index contributed by atoms with van der Waals surface area (Å²) in [6.07, 6.45) is 0.859. The lowest BCUT2D eigenvalue weighted by Crippen LogP contribution is -2.28. The fourth-order valence-corrected chi connectivity index (χ4v) is 4.23. The lowest BCUT2D eigenvalue weighted by molar-refractivity contribution is -0.110. The number of carbonyl (C=O) groups is 1. The first-order valence-corrected chi connectivity index (χ1v) is 10.8. The van der Waals surface area contributed by atoms with Crippen molar-refractivity contribution in [3.05, 3.63) is 71.8 Å². The van der Waals surface area contributed by atoms with Crippen molar-refractivity contribution < 1.29 is 22.7 Å². The van der Waals surface area contributed by atoms with Gasteiger partial charge in [0.1, 0.15) is 6.29 Å². The SMILES string of the molecule is COc1cc(N(C)S(=O)(=O)c2ccc([C@](C)(C=O)c3ccccc3)cc2)nc(OC)n1. The molecule has 0 N–H and O–H groups in total. The summed E-state index contributed by atoms with van der Waals surface area (Å²) in [4.78, 5) is 20.1. The van der Waals surface area contributed by atoms with Crippen LogP contribution < -0.4 is 13.8 Å². The number of rotatable bonds is 8. The van der Waals surface area contributed by atoms with Gasteiger partial charge < -0.3 is 14.3 Å². The number of nitrogens with zero attached hydrogens (tertiary/aromatic N) is 3. The third-order valence-corrected chi connectivity index (χ3v) is 6.88. The number of sulfonamides is 1. The summed E-state index contributed by atoms with van der Waals surface area (Å²) in [5.74, 6) is 0.263. The zero-order valence-electron chi connectivity index (χ0n) is 17.6. The van der Waals surface area contributed by atoms with Crippen LogP contribution in [0.25, 0.3) is 0 Å². The summed E-state index contributed by atoms with van der Waals surface area (Å²) in [5, 5.41) is 0. The van der Waals surface area contributed by atoms with Crippen molar-refractivity contribution in [2.24, 2.45) is 0 Å². The lowest BCUT2D eigenvalue weighted by Gasteiger charge is -2.25. The summed E-state index contributed by atoms with van der Waals surface area (Å²) in [7, 11) is 0.237. The number of hydrogen-bond donors (Lipinski definition) is 0. The number of methoxy groups -OCH3 is 2. The summed E-state index contributed by atoms with van der Waals surface area (Å²) in [5.41, 5.74) is 0.599. The molecule has 1 atom stereocenters. The van der Waals surface area contributed by atoms with Gasteiger partial charge in [0.05, 0.1) is 24.5 Å². The molecule has 0 bridgehead atoms. The molecule has 0 saturated carbocycles. The fraction of sp³-hybridized carbons (Fsp3) is 0.227. The highest BCUT2D eigenvalue weighted by atomic mass is 32.2. The van der Waals surface area contributed by atoms with Gasteiger partial charge in [-0.3, -0.25) is 4.31 Å². The molecule has 0 saturated heterocycles. The zero-order valence-corrected chi connectivity index (χ0v) is 18.5. The van der Waals surface area contributed by atoms with Gasteiger partial charge in [-0.2, -0.15) is 9.97 Å². The average molecular weight is 442 g/mol. The first-order chi connectivity index (χ1) is 14.8. The molecule has 0 aliphatic carbocycles. The molecular weight excluding hydrogens is 418 g/mol. The van der Waals surface area contributed by atoms with E-state index in [0.29, 0.717) is 5.56 Å². The molecule has 3 rings (SSSR count). The first-order valence-electron chi connectivity index (χ1n) is 9.34. The van der Waals surface area contributed by atoms with Crippen molar-refractivity contribution in [2.75, 3.05) is 25.6 Å². The molecule has 0 spiro atoms. The van der Waals surface area contributed by atoms with Crippen LogP contribution in [-0.2, 0) is 20.2 Å². The van der Waals surface area contributed by atoms with Crippen LogP contribution in [0, 0.1) is 0 Å². The molecule has 1 aromatic heterocycles. The molecule has 0 amide bonds. The first kappa shape index (κ1) is 22.2. The standard InChI is InChI=1S/C22H23N3O5S/c1-22(15-26,16-8-6-5-7-9-16)17-10-12-18(13-11-17)31(27,28)25(2)19-14-20(29-3)24-21(23-19)30-4/h5-15H,1-4H3/t22-/m1/s1. The van der Waals surface area contributed by atoms with Gasteiger partial charge in [0.15, 0.2) is 5.82 Å². The molecular formula is C22H23N3O5S. The molecule has 0 fully saturated rings. The van der Waals surface area contributed by atoms with Crippen molar-refractivity contribution in [1.82, 2.24) is 9.97 Å². The summed E-state index contributed by atoms with van der Waals surface area (Å²) >= 11 is 0. The van der Waals surface area contributed by atoms with Crippen LogP contribution in [-0.4, -0.2) is 45.9 Å². The Kier molecular flexibility index (Phi) is 6.26. The minimum absolute atomic E-state index is 0.0173. The smallest absolute Gasteiger partial charge is 0.321 e. The molecule has 0 radical (unpaired) electrons. The number of aldehydes is 1. The van der Waals surface area contributed by atoms with Gasteiger partial charge in [0, 0.05) is 13.1 Å². The third-order valence-electron chi connectivity index (χ3n) is 5.10. The van der Waals surface area contributed by atoms with Crippen molar-refractivity contribution >= 4 is 22.1 Å². The lowest BCUT2D eigenvalue weighted by atomic mass is 9.78. The molecule has 1 heterocycles. The number of anilines is 1. The summed E-state index contributed by atoms with van der Waals surface area (Å²) in [6.45, 7) is 1.80. The Balaban J connectivity index is 1.97.